The second-order valence-electron chi connectivity index (χ2n) is 6.56. The van der Waals surface area contributed by atoms with Gasteiger partial charge in [-0.3, -0.25) is 0 Å². The van der Waals surface area contributed by atoms with Crippen molar-refractivity contribution in [1.29, 1.82) is 0 Å². The maximum Gasteiger partial charge on any atom is 0.422 e. The van der Waals surface area contributed by atoms with E-state index in [-0.39, 0.29) is 11.5 Å². The standard InChI is InChI=1S/C18H22F3NO4/c1-2-3-7-24-16-9-13(4-5-15(16)25-12-18(19,20)21)14-10-17(26-22-14)6-8-23-11-17/h4-5,9H,2-3,6-8,10-12H2,1H3. The molecule has 1 saturated heterocycles. The third kappa shape index (κ3) is 4.60. The average Bonchev–Trinajstić information content (AvgIpc) is 3.23. The molecule has 26 heavy (non-hydrogen) atoms. The Labute approximate surface area is 150 Å². The number of halogens is 3. The van der Waals surface area contributed by atoms with E-state index in [4.69, 9.17) is 19.0 Å². The van der Waals surface area contributed by atoms with Crippen molar-refractivity contribution in [3.05, 3.63) is 23.8 Å². The minimum absolute atomic E-state index is 0.0700. The molecular formula is C18H22F3NO4. The summed E-state index contributed by atoms with van der Waals surface area (Å²) in [7, 11) is 0. The van der Waals surface area contributed by atoms with E-state index < -0.39 is 18.4 Å². The Bertz CT molecular complexity index is 654. The Morgan fingerprint density at radius 2 is 2.08 bits per heavy atom. The second-order valence-corrected chi connectivity index (χ2v) is 6.56. The lowest BCUT2D eigenvalue weighted by molar-refractivity contribution is -0.153. The Morgan fingerprint density at radius 1 is 1.23 bits per heavy atom. The van der Waals surface area contributed by atoms with E-state index in [1.165, 1.54) is 6.07 Å². The third-order valence-corrected chi connectivity index (χ3v) is 4.33. The molecule has 1 unspecified atom stereocenters. The van der Waals surface area contributed by atoms with Gasteiger partial charge in [0.25, 0.3) is 0 Å². The molecule has 0 aromatic heterocycles. The highest BCUT2D eigenvalue weighted by Crippen LogP contribution is 2.36. The number of hydrogen-bond acceptors (Lipinski definition) is 5. The number of ether oxygens (including phenoxy) is 3. The summed E-state index contributed by atoms with van der Waals surface area (Å²) in [6.07, 6.45) is -1.32. The smallest absolute Gasteiger partial charge is 0.422 e. The summed E-state index contributed by atoms with van der Waals surface area (Å²) in [6, 6.07) is 4.83. The lowest BCUT2D eigenvalue weighted by Crippen LogP contribution is -2.29. The number of benzene rings is 1. The van der Waals surface area contributed by atoms with E-state index in [0.717, 1.165) is 30.5 Å². The van der Waals surface area contributed by atoms with Crippen LogP contribution >= 0.6 is 0 Å². The molecule has 144 valence electrons. The molecule has 0 saturated carbocycles. The SMILES string of the molecule is CCCCOc1cc(C2=NOC3(CCOC3)C2)ccc1OCC(F)(F)F. The molecule has 1 atom stereocenters. The van der Waals surface area contributed by atoms with Crippen molar-refractivity contribution < 1.29 is 32.2 Å². The van der Waals surface area contributed by atoms with Crippen molar-refractivity contribution in [3.8, 4) is 11.5 Å². The summed E-state index contributed by atoms with van der Waals surface area (Å²) >= 11 is 0. The fraction of sp³-hybridized carbons (Fsp3) is 0.611. The number of rotatable bonds is 7. The zero-order chi connectivity index (χ0) is 18.6. The van der Waals surface area contributed by atoms with Crippen LogP contribution in [0.3, 0.4) is 0 Å². The summed E-state index contributed by atoms with van der Waals surface area (Å²) < 4.78 is 53.3. The van der Waals surface area contributed by atoms with Crippen molar-refractivity contribution in [2.75, 3.05) is 26.4 Å². The highest BCUT2D eigenvalue weighted by atomic mass is 19.4. The summed E-state index contributed by atoms with van der Waals surface area (Å²) in [5.74, 6) is 0.354. The molecule has 2 aliphatic heterocycles. The quantitative estimate of drug-likeness (QED) is 0.676. The first-order valence-electron chi connectivity index (χ1n) is 8.70. The van der Waals surface area contributed by atoms with Crippen molar-refractivity contribution in [1.82, 2.24) is 0 Å². The molecule has 0 aliphatic carbocycles. The number of hydrogen-bond donors (Lipinski definition) is 0. The highest BCUT2D eigenvalue weighted by molar-refractivity contribution is 6.02. The van der Waals surface area contributed by atoms with Crippen LogP contribution in [0.4, 0.5) is 13.2 Å². The maximum absolute atomic E-state index is 12.5. The monoisotopic (exact) mass is 373 g/mol. The van der Waals surface area contributed by atoms with Gasteiger partial charge in [0.05, 0.1) is 25.5 Å². The van der Waals surface area contributed by atoms with Crippen LogP contribution in [0.15, 0.2) is 23.4 Å². The molecule has 1 aromatic rings. The predicted octanol–water partition coefficient (Wildman–Crippen LogP) is 4.09. The molecule has 8 heteroatoms. The van der Waals surface area contributed by atoms with Crippen molar-refractivity contribution in [3.63, 3.8) is 0 Å². The van der Waals surface area contributed by atoms with Crippen LogP contribution < -0.4 is 9.47 Å². The molecule has 1 aromatic carbocycles. The van der Waals surface area contributed by atoms with Gasteiger partial charge < -0.3 is 19.0 Å². The van der Waals surface area contributed by atoms with Crippen molar-refractivity contribution in [2.45, 2.75) is 44.4 Å². The predicted molar refractivity (Wildman–Crippen MR) is 88.8 cm³/mol. The van der Waals surface area contributed by atoms with Crippen LogP contribution in [0.5, 0.6) is 11.5 Å². The largest absolute Gasteiger partial charge is 0.490 e. The molecule has 0 bridgehead atoms. The molecule has 0 N–H and O–H groups in total. The van der Waals surface area contributed by atoms with E-state index >= 15 is 0 Å². The van der Waals surface area contributed by atoms with Crippen LogP contribution in [0.1, 0.15) is 38.2 Å². The highest BCUT2D eigenvalue weighted by Gasteiger charge is 2.43. The Morgan fingerprint density at radius 3 is 2.77 bits per heavy atom. The van der Waals surface area contributed by atoms with Gasteiger partial charge in [-0.15, -0.1) is 0 Å². The molecule has 2 heterocycles. The molecule has 3 rings (SSSR count). The van der Waals surface area contributed by atoms with Crippen LogP contribution in [-0.2, 0) is 9.57 Å². The summed E-state index contributed by atoms with van der Waals surface area (Å²) in [6.45, 7) is 2.18. The van der Waals surface area contributed by atoms with Gasteiger partial charge in [-0.2, -0.15) is 13.2 Å². The number of nitrogens with zero attached hydrogens (tertiary/aromatic N) is 1. The summed E-state index contributed by atoms with van der Waals surface area (Å²) in [5.41, 5.74) is 1.07. The van der Waals surface area contributed by atoms with Gasteiger partial charge >= 0.3 is 6.18 Å². The van der Waals surface area contributed by atoms with Crippen LogP contribution in [0, 0.1) is 0 Å². The van der Waals surface area contributed by atoms with E-state index in [9.17, 15) is 13.2 Å². The van der Waals surface area contributed by atoms with Crippen molar-refractivity contribution >= 4 is 5.71 Å². The molecule has 2 aliphatic rings. The van der Waals surface area contributed by atoms with Gasteiger partial charge in [0, 0.05) is 18.4 Å². The fourth-order valence-corrected chi connectivity index (χ4v) is 2.88. The van der Waals surface area contributed by atoms with Crippen molar-refractivity contribution in [2.24, 2.45) is 5.16 Å². The van der Waals surface area contributed by atoms with Gasteiger partial charge in [0.2, 0.25) is 0 Å². The zero-order valence-corrected chi connectivity index (χ0v) is 14.6. The minimum Gasteiger partial charge on any atom is -0.490 e. The fourth-order valence-electron chi connectivity index (χ4n) is 2.88. The van der Waals surface area contributed by atoms with E-state index in [0.29, 0.717) is 26.2 Å². The lowest BCUT2D eigenvalue weighted by Gasteiger charge is -2.17. The number of alkyl halides is 3. The van der Waals surface area contributed by atoms with Crippen LogP contribution in [-0.4, -0.2) is 43.9 Å². The van der Waals surface area contributed by atoms with Gasteiger partial charge in [-0.1, -0.05) is 18.5 Å². The van der Waals surface area contributed by atoms with E-state index in [2.05, 4.69) is 5.16 Å². The Balaban J connectivity index is 1.75. The van der Waals surface area contributed by atoms with Gasteiger partial charge in [0.15, 0.2) is 23.7 Å². The summed E-state index contributed by atoms with van der Waals surface area (Å²) in [5, 5.41) is 4.15. The zero-order valence-electron chi connectivity index (χ0n) is 14.6. The first-order chi connectivity index (χ1) is 12.4. The maximum atomic E-state index is 12.5. The van der Waals surface area contributed by atoms with Gasteiger partial charge in [-0.05, 0) is 24.6 Å². The molecule has 5 nitrogen and oxygen atoms in total. The minimum atomic E-state index is -4.41. The Kier molecular flexibility index (Phi) is 5.60. The normalized spacial score (nSPS) is 22.4. The first kappa shape index (κ1) is 18.8. The molecule has 1 spiro atoms. The molecular weight excluding hydrogens is 351 g/mol. The van der Waals surface area contributed by atoms with Crippen LogP contribution in [0.2, 0.25) is 0 Å². The van der Waals surface area contributed by atoms with E-state index in [1.54, 1.807) is 12.1 Å². The second kappa shape index (κ2) is 7.73. The molecule has 0 radical (unpaired) electrons. The Hall–Kier alpha value is -1.96. The third-order valence-electron chi connectivity index (χ3n) is 4.33. The molecule has 0 amide bonds. The average molecular weight is 373 g/mol. The molecule has 1 fully saturated rings. The van der Waals surface area contributed by atoms with Gasteiger partial charge in [-0.25, -0.2) is 0 Å². The lowest BCUT2D eigenvalue weighted by atomic mass is 9.93. The first-order valence-corrected chi connectivity index (χ1v) is 8.70. The number of oxime groups is 1. The number of unbranched alkanes of at least 4 members (excludes halogenated alkanes) is 1. The van der Waals surface area contributed by atoms with Crippen LogP contribution in [0.25, 0.3) is 0 Å². The topological polar surface area (TPSA) is 49.3 Å². The summed E-state index contributed by atoms with van der Waals surface area (Å²) in [4.78, 5) is 5.57. The van der Waals surface area contributed by atoms with Gasteiger partial charge in [0.1, 0.15) is 0 Å². The van der Waals surface area contributed by atoms with E-state index in [1.807, 2.05) is 6.92 Å².